The molecule has 0 spiro atoms. The van der Waals surface area contributed by atoms with Gasteiger partial charge in [-0.3, -0.25) is 4.79 Å². The Morgan fingerprint density at radius 2 is 1.56 bits per heavy atom. The molecule has 1 saturated heterocycles. The standard InChI is InChI=1S/C26H35N3O5S2/c1-6-27-11-13-28(14-12-27)26(35)36-18-24(30)29(17-19-7-9-21(31-2)10-8-19)20-15-22(32-3)25(34-5)23(16-20)33-4/h7-10,15-16H,6,11-14,17-18H2,1-5H3. The van der Waals surface area contributed by atoms with E-state index in [1.807, 2.05) is 24.3 Å². The van der Waals surface area contributed by atoms with Crippen LogP contribution in [0.25, 0.3) is 0 Å². The van der Waals surface area contributed by atoms with Gasteiger partial charge in [0.1, 0.15) is 10.1 Å². The van der Waals surface area contributed by atoms with Gasteiger partial charge in [-0.05, 0) is 24.2 Å². The first-order valence-corrected chi connectivity index (χ1v) is 13.2. The van der Waals surface area contributed by atoms with E-state index in [-0.39, 0.29) is 11.7 Å². The van der Waals surface area contributed by atoms with Crippen LogP contribution in [0.2, 0.25) is 0 Å². The SMILES string of the molecule is CCN1CCN(C(=S)SCC(=O)N(Cc2ccc(OC)cc2)c2cc(OC)c(OC)c(OC)c2)CC1. The lowest BCUT2D eigenvalue weighted by molar-refractivity contribution is -0.116. The molecule has 0 radical (unpaired) electrons. The van der Waals surface area contributed by atoms with Gasteiger partial charge in [-0.25, -0.2) is 0 Å². The monoisotopic (exact) mass is 533 g/mol. The Bertz CT molecular complexity index is 1000. The molecule has 1 aliphatic rings. The number of benzene rings is 2. The minimum Gasteiger partial charge on any atom is -0.497 e. The van der Waals surface area contributed by atoms with Crippen molar-refractivity contribution in [3.63, 3.8) is 0 Å². The number of likely N-dealkylation sites (N-methyl/N-ethyl adjacent to an activating group) is 1. The molecule has 0 saturated carbocycles. The molecule has 36 heavy (non-hydrogen) atoms. The molecule has 1 amide bonds. The van der Waals surface area contributed by atoms with Gasteiger partial charge in [0.05, 0.1) is 46.4 Å². The Morgan fingerprint density at radius 1 is 0.944 bits per heavy atom. The zero-order valence-electron chi connectivity index (χ0n) is 21.6. The number of carbonyl (C=O) groups is 1. The number of rotatable bonds is 10. The first-order chi connectivity index (χ1) is 17.4. The maximum atomic E-state index is 13.6. The Hall–Kier alpha value is -2.69. The number of nitrogens with zero attached hydrogens (tertiary/aromatic N) is 3. The summed E-state index contributed by atoms with van der Waals surface area (Å²) in [7, 11) is 6.30. The molecule has 1 fully saturated rings. The molecule has 10 heteroatoms. The van der Waals surface area contributed by atoms with Gasteiger partial charge in [0.2, 0.25) is 11.7 Å². The van der Waals surface area contributed by atoms with E-state index in [4.69, 9.17) is 31.2 Å². The molecule has 0 aliphatic carbocycles. The summed E-state index contributed by atoms with van der Waals surface area (Å²) >= 11 is 7.08. The number of ether oxygens (including phenoxy) is 4. The van der Waals surface area contributed by atoms with E-state index < -0.39 is 0 Å². The van der Waals surface area contributed by atoms with Gasteiger partial charge in [0.25, 0.3) is 0 Å². The van der Waals surface area contributed by atoms with Crippen LogP contribution in [0.15, 0.2) is 36.4 Å². The van der Waals surface area contributed by atoms with Crippen LogP contribution in [0.5, 0.6) is 23.0 Å². The summed E-state index contributed by atoms with van der Waals surface area (Å²) < 4.78 is 22.6. The number of hydrogen-bond donors (Lipinski definition) is 0. The minimum atomic E-state index is -0.0698. The molecule has 0 aromatic heterocycles. The number of amides is 1. The van der Waals surface area contributed by atoms with Gasteiger partial charge in [0, 0.05) is 38.3 Å². The second-order valence-corrected chi connectivity index (χ2v) is 9.80. The maximum absolute atomic E-state index is 13.6. The zero-order chi connectivity index (χ0) is 26.1. The molecule has 0 bridgehead atoms. The van der Waals surface area contributed by atoms with Crippen LogP contribution < -0.4 is 23.8 Å². The van der Waals surface area contributed by atoms with E-state index in [0.29, 0.717) is 29.5 Å². The fourth-order valence-electron chi connectivity index (χ4n) is 4.00. The van der Waals surface area contributed by atoms with Crippen molar-refractivity contribution in [2.45, 2.75) is 13.5 Å². The third kappa shape index (κ3) is 6.96. The minimum absolute atomic E-state index is 0.0698. The van der Waals surface area contributed by atoms with Crippen molar-refractivity contribution in [2.75, 3.05) is 71.8 Å². The maximum Gasteiger partial charge on any atom is 0.237 e. The Morgan fingerprint density at radius 3 is 2.06 bits per heavy atom. The molecule has 0 unspecified atom stereocenters. The Kier molecular flexibility index (Phi) is 10.5. The van der Waals surface area contributed by atoms with Crippen molar-refractivity contribution in [2.24, 2.45) is 0 Å². The third-order valence-corrected chi connectivity index (χ3v) is 7.67. The van der Waals surface area contributed by atoms with Crippen LogP contribution in [0.1, 0.15) is 12.5 Å². The summed E-state index contributed by atoms with van der Waals surface area (Å²) in [5, 5.41) is 0. The predicted molar refractivity (Wildman–Crippen MR) is 149 cm³/mol. The quantitative estimate of drug-likeness (QED) is 0.423. The topological polar surface area (TPSA) is 63.7 Å². The lowest BCUT2D eigenvalue weighted by Gasteiger charge is -2.35. The second kappa shape index (κ2) is 13.6. The van der Waals surface area contributed by atoms with Gasteiger partial charge >= 0.3 is 0 Å². The average molecular weight is 534 g/mol. The van der Waals surface area contributed by atoms with Gasteiger partial charge in [0.15, 0.2) is 11.5 Å². The fourth-order valence-corrected chi connectivity index (χ4v) is 5.13. The van der Waals surface area contributed by atoms with Crippen molar-refractivity contribution < 1.29 is 23.7 Å². The number of hydrogen-bond acceptors (Lipinski definition) is 8. The van der Waals surface area contributed by atoms with Crippen molar-refractivity contribution in [1.82, 2.24) is 9.80 Å². The van der Waals surface area contributed by atoms with Crippen LogP contribution in [-0.2, 0) is 11.3 Å². The molecule has 0 N–H and O–H groups in total. The van der Waals surface area contributed by atoms with Gasteiger partial charge in [-0.1, -0.05) is 43.0 Å². The van der Waals surface area contributed by atoms with Crippen molar-refractivity contribution in [3.8, 4) is 23.0 Å². The van der Waals surface area contributed by atoms with E-state index in [1.54, 1.807) is 45.5 Å². The van der Waals surface area contributed by atoms with Gasteiger partial charge in [-0.15, -0.1) is 0 Å². The number of anilines is 1. The predicted octanol–water partition coefficient (Wildman–Crippen LogP) is 3.91. The lowest BCUT2D eigenvalue weighted by Crippen LogP contribution is -2.47. The fraction of sp³-hybridized carbons (Fsp3) is 0.462. The summed E-state index contributed by atoms with van der Waals surface area (Å²) in [6.07, 6.45) is 0. The van der Waals surface area contributed by atoms with E-state index in [0.717, 1.165) is 48.4 Å². The van der Waals surface area contributed by atoms with Crippen LogP contribution in [-0.4, -0.2) is 86.9 Å². The molecule has 3 rings (SSSR count). The summed E-state index contributed by atoms with van der Waals surface area (Å²) in [5.74, 6) is 2.35. The summed E-state index contributed by atoms with van der Waals surface area (Å²) in [4.78, 5) is 19.9. The van der Waals surface area contributed by atoms with E-state index in [1.165, 1.54) is 11.8 Å². The molecule has 2 aromatic rings. The smallest absolute Gasteiger partial charge is 0.237 e. The average Bonchev–Trinajstić information content (AvgIpc) is 2.93. The molecule has 1 heterocycles. The highest BCUT2D eigenvalue weighted by molar-refractivity contribution is 8.23. The van der Waals surface area contributed by atoms with Crippen molar-refractivity contribution in [3.05, 3.63) is 42.0 Å². The lowest BCUT2D eigenvalue weighted by atomic mass is 10.1. The normalized spacial score (nSPS) is 13.8. The zero-order valence-corrected chi connectivity index (χ0v) is 23.2. The van der Waals surface area contributed by atoms with E-state index >= 15 is 0 Å². The molecule has 1 aliphatic heterocycles. The highest BCUT2D eigenvalue weighted by Crippen LogP contribution is 2.41. The van der Waals surface area contributed by atoms with E-state index in [2.05, 4.69) is 16.7 Å². The van der Waals surface area contributed by atoms with Crippen LogP contribution in [0.3, 0.4) is 0 Å². The van der Waals surface area contributed by atoms with Crippen LogP contribution in [0.4, 0.5) is 5.69 Å². The van der Waals surface area contributed by atoms with Crippen LogP contribution >= 0.6 is 24.0 Å². The van der Waals surface area contributed by atoms with Gasteiger partial charge in [-0.2, -0.15) is 0 Å². The Labute approximate surface area is 223 Å². The highest BCUT2D eigenvalue weighted by atomic mass is 32.2. The number of carbonyl (C=O) groups excluding carboxylic acids is 1. The molecule has 8 nitrogen and oxygen atoms in total. The first kappa shape index (κ1) is 27.9. The van der Waals surface area contributed by atoms with Gasteiger partial charge < -0.3 is 33.6 Å². The first-order valence-electron chi connectivity index (χ1n) is 11.8. The van der Waals surface area contributed by atoms with Crippen molar-refractivity contribution in [1.29, 1.82) is 0 Å². The number of thiocarbonyl (C=S) groups is 1. The third-order valence-electron chi connectivity index (χ3n) is 6.16. The number of piperazine rings is 1. The molecular weight excluding hydrogens is 498 g/mol. The summed E-state index contributed by atoms with van der Waals surface area (Å²) in [5.41, 5.74) is 1.61. The summed E-state index contributed by atoms with van der Waals surface area (Å²) in [6.45, 7) is 7.32. The molecular formula is C26H35N3O5S2. The molecule has 196 valence electrons. The van der Waals surface area contributed by atoms with E-state index in [9.17, 15) is 4.79 Å². The number of methoxy groups -OCH3 is 4. The van der Waals surface area contributed by atoms with Crippen LogP contribution in [0, 0.1) is 0 Å². The van der Waals surface area contributed by atoms with Crippen molar-refractivity contribution >= 4 is 39.9 Å². The number of thioether (sulfide) groups is 1. The highest BCUT2D eigenvalue weighted by Gasteiger charge is 2.24. The molecule has 2 aromatic carbocycles. The summed E-state index contributed by atoms with van der Waals surface area (Å²) in [6, 6.07) is 11.2. The Balaban J connectivity index is 1.82. The largest absolute Gasteiger partial charge is 0.497 e. The molecule has 0 atom stereocenters. The second-order valence-electron chi connectivity index (χ2n) is 8.19.